The maximum Gasteiger partial charge on any atom is 0.0907 e. The highest BCUT2D eigenvalue weighted by Gasteiger charge is 2.03. The Morgan fingerprint density at radius 1 is 1.33 bits per heavy atom. The molecule has 3 heteroatoms. The molecule has 0 saturated carbocycles. The predicted molar refractivity (Wildman–Crippen MR) is 56.8 cm³/mol. The van der Waals surface area contributed by atoms with E-state index in [0.29, 0.717) is 0 Å². The molecule has 0 amide bonds. The second kappa shape index (κ2) is 2.82. The molecule has 0 spiro atoms. The van der Waals surface area contributed by atoms with Crippen molar-refractivity contribution in [3.63, 3.8) is 0 Å². The molecule has 0 atom stereocenters. The van der Waals surface area contributed by atoms with E-state index < -0.39 is 0 Å². The third-order valence-electron chi connectivity index (χ3n) is 1.76. The lowest BCUT2D eigenvalue weighted by atomic mass is 10.2. The van der Waals surface area contributed by atoms with Crippen LogP contribution in [0.1, 0.15) is 10.6 Å². The Bertz CT molecular complexity index is 433. The number of nitrogens with zero attached hydrogens (tertiary/aromatic N) is 1. The number of aryl methyl sites for hydroxylation is 2. The summed E-state index contributed by atoms with van der Waals surface area (Å²) in [4.78, 5) is 4.45. The van der Waals surface area contributed by atoms with Crippen molar-refractivity contribution in [3.8, 4) is 0 Å². The van der Waals surface area contributed by atoms with Crippen molar-refractivity contribution in [2.24, 2.45) is 0 Å². The molecule has 2 aromatic rings. The number of aromatic nitrogens is 1. The van der Waals surface area contributed by atoms with E-state index in [1.807, 2.05) is 6.92 Å². The summed E-state index contributed by atoms with van der Waals surface area (Å²) >= 11 is 5.21. The first-order valence-electron chi connectivity index (χ1n) is 3.70. The van der Waals surface area contributed by atoms with Gasteiger partial charge in [-0.25, -0.2) is 4.98 Å². The first-order chi connectivity index (χ1) is 5.66. The SMILES string of the molecule is Cc1nc2c(C)cc(Br)cc2s1. The number of halogens is 1. The van der Waals surface area contributed by atoms with Gasteiger partial charge in [0, 0.05) is 4.47 Å². The van der Waals surface area contributed by atoms with Crippen LogP contribution in [0.5, 0.6) is 0 Å². The molecule has 0 saturated heterocycles. The van der Waals surface area contributed by atoms with Crippen LogP contribution in [0.4, 0.5) is 0 Å². The van der Waals surface area contributed by atoms with Gasteiger partial charge in [0.1, 0.15) is 0 Å². The monoisotopic (exact) mass is 241 g/mol. The van der Waals surface area contributed by atoms with Gasteiger partial charge >= 0.3 is 0 Å². The van der Waals surface area contributed by atoms with Crippen LogP contribution in [-0.2, 0) is 0 Å². The minimum atomic E-state index is 1.13. The molecule has 1 aromatic carbocycles. The predicted octanol–water partition coefficient (Wildman–Crippen LogP) is 3.68. The molecule has 0 aliphatic rings. The van der Waals surface area contributed by atoms with Gasteiger partial charge in [0.25, 0.3) is 0 Å². The molecule has 0 fully saturated rings. The topological polar surface area (TPSA) is 12.9 Å². The molecular formula is C9H8BrNS. The average Bonchev–Trinajstić information content (AvgIpc) is 2.29. The first kappa shape index (κ1) is 8.20. The van der Waals surface area contributed by atoms with Gasteiger partial charge in [-0.1, -0.05) is 15.9 Å². The first-order valence-corrected chi connectivity index (χ1v) is 5.31. The van der Waals surface area contributed by atoms with E-state index in [9.17, 15) is 0 Å². The quantitative estimate of drug-likeness (QED) is 0.686. The molecule has 0 aliphatic carbocycles. The second-order valence-electron chi connectivity index (χ2n) is 2.80. The average molecular weight is 242 g/mol. The van der Waals surface area contributed by atoms with Gasteiger partial charge in [0.05, 0.1) is 15.2 Å². The van der Waals surface area contributed by atoms with Crippen LogP contribution in [0.15, 0.2) is 16.6 Å². The highest BCUT2D eigenvalue weighted by atomic mass is 79.9. The largest absolute Gasteiger partial charge is 0.241 e. The van der Waals surface area contributed by atoms with Gasteiger partial charge in [0.2, 0.25) is 0 Å². The Balaban J connectivity index is 2.88. The number of hydrogen-bond acceptors (Lipinski definition) is 2. The van der Waals surface area contributed by atoms with Crippen LogP contribution in [0, 0.1) is 13.8 Å². The molecule has 12 heavy (non-hydrogen) atoms. The molecule has 1 aromatic heterocycles. The van der Waals surface area contributed by atoms with Gasteiger partial charge in [-0.3, -0.25) is 0 Å². The van der Waals surface area contributed by atoms with Crippen LogP contribution in [0.2, 0.25) is 0 Å². The number of hydrogen-bond donors (Lipinski definition) is 0. The lowest BCUT2D eigenvalue weighted by molar-refractivity contribution is 1.32. The fraction of sp³-hybridized carbons (Fsp3) is 0.222. The van der Waals surface area contributed by atoms with Gasteiger partial charge in [-0.15, -0.1) is 11.3 Å². The summed E-state index contributed by atoms with van der Waals surface area (Å²) in [6, 6.07) is 4.22. The smallest absolute Gasteiger partial charge is 0.0907 e. The Kier molecular flexibility index (Phi) is 1.93. The van der Waals surface area contributed by atoms with E-state index in [0.717, 1.165) is 15.0 Å². The normalized spacial score (nSPS) is 10.9. The summed E-state index contributed by atoms with van der Waals surface area (Å²) in [7, 11) is 0. The minimum Gasteiger partial charge on any atom is -0.241 e. The number of benzene rings is 1. The molecule has 0 aliphatic heterocycles. The Labute approximate surface area is 83.6 Å². The summed E-state index contributed by atoms with van der Waals surface area (Å²) in [6.45, 7) is 4.13. The molecule has 0 N–H and O–H groups in total. The highest BCUT2D eigenvalue weighted by molar-refractivity contribution is 9.10. The molecule has 62 valence electrons. The fourth-order valence-electron chi connectivity index (χ4n) is 1.27. The maximum atomic E-state index is 4.45. The van der Waals surface area contributed by atoms with E-state index in [2.05, 4.69) is 40.0 Å². The van der Waals surface area contributed by atoms with Crippen molar-refractivity contribution in [2.75, 3.05) is 0 Å². The summed E-state index contributed by atoms with van der Waals surface area (Å²) in [5.74, 6) is 0. The Morgan fingerprint density at radius 2 is 2.08 bits per heavy atom. The van der Waals surface area contributed by atoms with Crippen LogP contribution < -0.4 is 0 Å². The molecular weight excluding hydrogens is 234 g/mol. The van der Waals surface area contributed by atoms with Crippen LogP contribution >= 0.6 is 27.3 Å². The minimum absolute atomic E-state index is 1.13. The van der Waals surface area contributed by atoms with Crippen LogP contribution in [-0.4, -0.2) is 4.98 Å². The van der Waals surface area contributed by atoms with E-state index in [1.54, 1.807) is 11.3 Å². The molecule has 0 radical (unpaired) electrons. The fourth-order valence-corrected chi connectivity index (χ4v) is 2.93. The summed E-state index contributed by atoms with van der Waals surface area (Å²) in [6.07, 6.45) is 0. The molecule has 1 nitrogen and oxygen atoms in total. The summed E-state index contributed by atoms with van der Waals surface area (Å²) < 4.78 is 2.40. The van der Waals surface area contributed by atoms with Gasteiger partial charge in [0.15, 0.2) is 0 Å². The van der Waals surface area contributed by atoms with Gasteiger partial charge in [-0.05, 0) is 31.5 Å². The summed E-state index contributed by atoms with van der Waals surface area (Å²) in [5.41, 5.74) is 2.38. The maximum absolute atomic E-state index is 4.45. The van der Waals surface area contributed by atoms with Crippen molar-refractivity contribution < 1.29 is 0 Å². The number of fused-ring (bicyclic) bond motifs is 1. The van der Waals surface area contributed by atoms with E-state index in [1.165, 1.54) is 10.3 Å². The Hall–Kier alpha value is -0.410. The standard InChI is InChI=1S/C9H8BrNS/c1-5-3-7(10)4-8-9(5)11-6(2)12-8/h3-4H,1-2H3. The zero-order valence-corrected chi connectivity index (χ0v) is 9.29. The van der Waals surface area contributed by atoms with Crippen molar-refractivity contribution in [1.82, 2.24) is 4.98 Å². The van der Waals surface area contributed by atoms with Gasteiger partial charge in [-0.2, -0.15) is 0 Å². The third-order valence-corrected chi connectivity index (χ3v) is 3.13. The lowest BCUT2D eigenvalue weighted by Gasteiger charge is -1.94. The number of thiazole rings is 1. The van der Waals surface area contributed by atoms with Crippen LogP contribution in [0.3, 0.4) is 0 Å². The molecule has 0 bridgehead atoms. The van der Waals surface area contributed by atoms with Crippen molar-refractivity contribution in [2.45, 2.75) is 13.8 Å². The third kappa shape index (κ3) is 1.27. The zero-order chi connectivity index (χ0) is 8.72. The number of rotatable bonds is 0. The lowest BCUT2D eigenvalue weighted by Crippen LogP contribution is -1.76. The van der Waals surface area contributed by atoms with Crippen molar-refractivity contribution in [3.05, 3.63) is 27.2 Å². The zero-order valence-electron chi connectivity index (χ0n) is 6.89. The van der Waals surface area contributed by atoms with E-state index >= 15 is 0 Å². The van der Waals surface area contributed by atoms with Crippen molar-refractivity contribution in [1.29, 1.82) is 0 Å². The summed E-state index contributed by atoms with van der Waals surface area (Å²) in [5, 5.41) is 1.13. The van der Waals surface area contributed by atoms with E-state index in [4.69, 9.17) is 0 Å². The molecule has 2 rings (SSSR count). The Morgan fingerprint density at radius 3 is 2.83 bits per heavy atom. The second-order valence-corrected chi connectivity index (χ2v) is 4.95. The van der Waals surface area contributed by atoms with Crippen LogP contribution in [0.25, 0.3) is 10.2 Å². The molecule has 0 unspecified atom stereocenters. The highest BCUT2D eigenvalue weighted by Crippen LogP contribution is 2.27. The molecule has 1 heterocycles. The van der Waals surface area contributed by atoms with E-state index in [-0.39, 0.29) is 0 Å². The van der Waals surface area contributed by atoms with Gasteiger partial charge < -0.3 is 0 Å². The van der Waals surface area contributed by atoms with Crippen molar-refractivity contribution >= 4 is 37.5 Å².